The molecular weight excluding hydrogens is 192 g/mol. The van der Waals surface area contributed by atoms with Crippen LogP contribution in [0.25, 0.3) is 0 Å². The molecular formula is C8H10O6. The summed E-state index contributed by atoms with van der Waals surface area (Å²) in [4.78, 5) is 28.5. The number of carbonyl (C=O) groups is 2. The lowest BCUT2D eigenvalue weighted by molar-refractivity contribution is -0.240. The molecule has 1 atom stereocenters. The first-order valence-corrected chi connectivity index (χ1v) is 3.59. The Labute approximate surface area is 79.9 Å². The maximum atomic E-state index is 10.9. The highest BCUT2D eigenvalue weighted by molar-refractivity contribution is 5.94. The Morgan fingerprint density at radius 2 is 1.93 bits per heavy atom. The molecule has 1 unspecified atom stereocenters. The van der Waals surface area contributed by atoms with Crippen LogP contribution in [0.5, 0.6) is 0 Å². The van der Waals surface area contributed by atoms with Crippen LogP contribution in [0.15, 0.2) is 24.8 Å². The molecule has 2 N–H and O–H groups in total. The van der Waals surface area contributed by atoms with Crippen molar-refractivity contribution in [2.24, 2.45) is 5.92 Å². The molecule has 0 heterocycles. The van der Waals surface area contributed by atoms with Crippen LogP contribution in [-0.4, -0.2) is 22.5 Å². The van der Waals surface area contributed by atoms with E-state index in [-0.39, 0.29) is 12.0 Å². The van der Waals surface area contributed by atoms with Crippen LogP contribution in [0, 0.1) is 5.92 Å². The molecule has 0 aromatic carbocycles. The monoisotopic (exact) mass is 202 g/mol. The quantitative estimate of drug-likeness (QED) is 0.296. The normalized spacial score (nSPS) is 11.3. The van der Waals surface area contributed by atoms with Crippen molar-refractivity contribution in [1.29, 1.82) is 0 Å². The number of hydrogen-bond donors (Lipinski definition) is 2. The molecule has 78 valence electrons. The van der Waals surface area contributed by atoms with Crippen molar-refractivity contribution in [3.63, 3.8) is 0 Å². The van der Waals surface area contributed by atoms with Crippen LogP contribution in [-0.2, 0) is 19.4 Å². The standard InChI is InChI=1S/C8H10O6/c1-3-4-6(8(10)14-12)5(2)7(9)13-11/h3,6,11-12H,1-2,4H2. The first-order valence-electron chi connectivity index (χ1n) is 3.59. The first kappa shape index (κ1) is 12.3. The fourth-order valence-corrected chi connectivity index (χ4v) is 0.812. The van der Waals surface area contributed by atoms with Crippen molar-refractivity contribution >= 4 is 11.9 Å². The number of allylic oxidation sites excluding steroid dienone is 1. The fraction of sp³-hybridized carbons (Fsp3) is 0.250. The van der Waals surface area contributed by atoms with Gasteiger partial charge in [0, 0.05) is 5.57 Å². The van der Waals surface area contributed by atoms with Crippen LogP contribution in [0.4, 0.5) is 0 Å². The second-order valence-electron chi connectivity index (χ2n) is 2.39. The summed E-state index contributed by atoms with van der Waals surface area (Å²) >= 11 is 0. The van der Waals surface area contributed by atoms with E-state index in [0.717, 1.165) is 0 Å². The summed E-state index contributed by atoms with van der Waals surface area (Å²) in [5.41, 5.74) is -0.327. The fourth-order valence-electron chi connectivity index (χ4n) is 0.812. The van der Waals surface area contributed by atoms with Gasteiger partial charge in [-0.2, -0.15) is 10.5 Å². The van der Waals surface area contributed by atoms with Crippen molar-refractivity contribution in [2.75, 3.05) is 0 Å². The van der Waals surface area contributed by atoms with Gasteiger partial charge in [-0.05, 0) is 6.42 Å². The molecule has 0 saturated heterocycles. The van der Waals surface area contributed by atoms with Gasteiger partial charge in [0.25, 0.3) is 0 Å². The molecule has 0 saturated carbocycles. The number of rotatable bonds is 5. The zero-order valence-corrected chi connectivity index (χ0v) is 7.30. The second kappa shape index (κ2) is 5.90. The van der Waals surface area contributed by atoms with Crippen LogP contribution in [0.2, 0.25) is 0 Å². The molecule has 0 bridgehead atoms. The van der Waals surface area contributed by atoms with E-state index in [1.807, 2.05) is 0 Å². The average molecular weight is 202 g/mol. The summed E-state index contributed by atoms with van der Waals surface area (Å²) < 4.78 is 0. The molecule has 0 aliphatic rings. The van der Waals surface area contributed by atoms with Gasteiger partial charge < -0.3 is 4.89 Å². The van der Waals surface area contributed by atoms with Gasteiger partial charge in [0.15, 0.2) is 0 Å². The lowest BCUT2D eigenvalue weighted by Crippen LogP contribution is -2.23. The molecule has 14 heavy (non-hydrogen) atoms. The molecule has 0 aromatic heterocycles. The Morgan fingerprint density at radius 3 is 2.29 bits per heavy atom. The van der Waals surface area contributed by atoms with Crippen LogP contribution >= 0.6 is 0 Å². The average Bonchev–Trinajstić information content (AvgIpc) is 2.22. The van der Waals surface area contributed by atoms with Crippen molar-refractivity contribution < 1.29 is 29.9 Å². The first-order chi connectivity index (χ1) is 6.58. The van der Waals surface area contributed by atoms with Gasteiger partial charge in [-0.1, -0.05) is 12.7 Å². The van der Waals surface area contributed by atoms with E-state index < -0.39 is 17.9 Å². The van der Waals surface area contributed by atoms with Gasteiger partial charge in [-0.25, -0.2) is 9.59 Å². The minimum atomic E-state index is -1.16. The largest absolute Gasteiger partial charge is 0.369 e. The summed E-state index contributed by atoms with van der Waals surface area (Å²) in [6, 6.07) is 0. The Hall–Kier alpha value is -1.66. The lowest BCUT2D eigenvalue weighted by atomic mass is 9.97. The Kier molecular flexibility index (Phi) is 5.20. The van der Waals surface area contributed by atoms with Gasteiger partial charge in [0.05, 0.1) is 5.92 Å². The van der Waals surface area contributed by atoms with E-state index in [4.69, 9.17) is 10.5 Å². The molecule has 0 aromatic rings. The predicted molar refractivity (Wildman–Crippen MR) is 44.9 cm³/mol. The van der Waals surface area contributed by atoms with E-state index in [1.54, 1.807) is 0 Å². The van der Waals surface area contributed by atoms with Gasteiger partial charge in [-0.3, -0.25) is 4.89 Å². The van der Waals surface area contributed by atoms with Crippen molar-refractivity contribution in [3.05, 3.63) is 24.8 Å². The van der Waals surface area contributed by atoms with E-state index in [9.17, 15) is 9.59 Å². The van der Waals surface area contributed by atoms with Gasteiger partial charge in [-0.15, -0.1) is 6.58 Å². The minimum Gasteiger partial charge on any atom is -0.300 e. The third-order valence-corrected chi connectivity index (χ3v) is 1.54. The van der Waals surface area contributed by atoms with Crippen molar-refractivity contribution in [2.45, 2.75) is 6.42 Å². The second-order valence-corrected chi connectivity index (χ2v) is 2.39. The summed E-state index contributed by atoms with van der Waals surface area (Å²) in [5.74, 6) is -3.35. The summed E-state index contributed by atoms with van der Waals surface area (Å²) in [7, 11) is 0. The molecule has 0 radical (unpaired) electrons. The third kappa shape index (κ3) is 3.00. The smallest absolute Gasteiger partial charge is 0.300 e. The van der Waals surface area contributed by atoms with E-state index in [2.05, 4.69) is 22.9 Å². The number of carbonyl (C=O) groups excluding carboxylic acids is 2. The number of hydrogen-bond acceptors (Lipinski definition) is 6. The maximum Gasteiger partial charge on any atom is 0.369 e. The highest BCUT2D eigenvalue weighted by Gasteiger charge is 2.28. The Morgan fingerprint density at radius 1 is 1.36 bits per heavy atom. The Balaban J connectivity index is 4.64. The topological polar surface area (TPSA) is 93.1 Å². The minimum absolute atomic E-state index is 0.0350. The zero-order chi connectivity index (χ0) is 11.1. The molecule has 0 spiro atoms. The van der Waals surface area contributed by atoms with Gasteiger partial charge in [0.2, 0.25) is 0 Å². The van der Waals surface area contributed by atoms with Crippen molar-refractivity contribution in [1.82, 2.24) is 0 Å². The van der Waals surface area contributed by atoms with E-state index in [0.29, 0.717) is 0 Å². The van der Waals surface area contributed by atoms with E-state index in [1.165, 1.54) is 6.08 Å². The maximum absolute atomic E-state index is 10.9. The summed E-state index contributed by atoms with van der Waals surface area (Å²) in [6.07, 6.45) is 1.37. The highest BCUT2D eigenvalue weighted by Crippen LogP contribution is 2.16. The molecule has 0 rings (SSSR count). The van der Waals surface area contributed by atoms with Gasteiger partial charge in [0.1, 0.15) is 0 Å². The van der Waals surface area contributed by atoms with Gasteiger partial charge >= 0.3 is 11.9 Å². The zero-order valence-electron chi connectivity index (χ0n) is 7.30. The van der Waals surface area contributed by atoms with Crippen LogP contribution < -0.4 is 0 Å². The third-order valence-electron chi connectivity index (χ3n) is 1.54. The molecule has 6 heteroatoms. The molecule has 0 aliphatic carbocycles. The summed E-state index contributed by atoms with van der Waals surface area (Å²) in [6.45, 7) is 6.56. The predicted octanol–water partition coefficient (Wildman–Crippen LogP) is 0.767. The van der Waals surface area contributed by atoms with Crippen LogP contribution in [0.1, 0.15) is 6.42 Å². The molecule has 0 fully saturated rings. The molecule has 6 nitrogen and oxygen atoms in total. The van der Waals surface area contributed by atoms with Crippen LogP contribution in [0.3, 0.4) is 0 Å². The van der Waals surface area contributed by atoms with Crippen molar-refractivity contribution in [3.8, 4) is 0 Å². The van der Waals surface area contributed by atoms with E-state index >= 15 is 0 Å². The SMILES string of the molecule is C=CCC(C(=C)C(=O)OO)C(=O)OO. The highest BCUT2D eigenvalue weighted by atomic mass is 17.1. The lowest BCUT2D eigenvalue weighted by Gasteiger charge is -2.10. The Bertz CT molecular complexity index is 257. The summed E-state index contributed by atoms with van der Waals surface area (Å²) in [5, 5.41) is 16.1. The molecule has 0 amide bonds. The molecule has 0 aliphatic heterocycles.